The van der Waals surface area contributed by atoms with Gasteiger partial charge in [-0.3, -0.25) is 9.20 Å². The van der Waals surface area contributed by atoms with E-state index in [0.29, 0.717) is 23.8 Å². The van der Waals surface area contributed by atoms with Gasteiger partial charge in [0, 0.05) is 31.2 Å². The molecule has 2 aromatic carbocycles. The molecule has 0 saturated heterocycles. The van der Waals surface area contributed by atoms with Crippen molar-refractivity contribution >= 4 is 21.4 Å². The predicted molar refractivity (Wildman–Crippen MR) is 104 cm³/mol. The number of carbonyl (C=O) groups is 1. The van der Waals surface area contributed by atoms with Crippen molar-refractivity contribution in [2.75, 3.05) is 0 Å². The van der Waals surface area contributed by atoms with Gasteiger partial charge in [0.1, 0.15) is 0 Å². The fourth-order valence-corrected chi connectivity index (χ4v) is 4.25. The van der Waals surface area contributed by atoms with Crippen LogP contribution in [-0.4, -0.2) is 28.6 Å². The number of sulfone groups is 1. The molecule has 30 heavy (non-hydrogen) atoms. The maximum absolute atomic E-state index is 13.4. The molecule has 0 aliphatic rings. The van der Waals surface area contributed by atoms with E-state index >= 15 is 0 Å². The Morgan fingerprint density at radius 1 is 0.967 bits per heavy atom. The average Bonchev–Trinajstić information content (AvgIpc) is 3.22. The number of hydrogen-bond acceptors (Lipinski definition) is 5. The molecular formula is C21H15F2N3O3S. The van der Waals surface area contributed by atoms with Crippen molar-refractivity contribution in [1.29, 1.82) is 0 Å². The maximum Gasteiger partial charge on any atom is 0.233 e. The van der Waals surface area contributed by atoms with Crippen LogP contribution in [0.2, 0.25) is 0 Å². The number of Topliss-reactive ketones (excluding diaryl/α,β-unsaturated/α-hetero) is 1. The molecule has 0 amide bonds. The standard InChI is InChI=1S/C21H15F2N3O3S/c22-18-7-6-17(11-19(18)23)30(28,29)16-4-1-14(2-5-16)3-8-20(27)15-12-25-21-24-9-10-26(21)13-15/h1-2,4-7,9-13H,3,8H2. The SMILES string of the molecule is O=C(CCc1ccc(S(=O)(=O)c2ccc(F)c(F)c2)cc1)c1cnc2nccn2c1. The summed E-state index contributed by atoms with van der Waals surface area (Å²) in [5.74, 6) is -1.94. The van der Waals surface area contributed by atoms with Crippen LogP contribution < -0.4 is 0 Å². The number of aryl methyl sites for hydroxylation is 1. The molecule has 0 N–H and O–H groups in total. The van der Waals surface area contributed by atoms with Crippen LogP contribution in [0.3, 0.4) is 0 Å². The van der Waals surface area contributed by atoms with Crippen molar-refractivity contribution in [1.82, 2.24) is 14.4 Å². The Morgan fingerprint density at radius 3 is 2.43 bits per heavy atom. The van der Waals surface area contributed by atoms with E-state index in [1.54, 1.807) is 35.1 Å². The fourth-order valence-electron chi connectivity index (χ4n) is 2.98. The van der Waals surface area contributed by atoms with Gasteiger partial charge in [-0.1, -0.05) is 12.1 Å². The highest BCUT2D eigenvalue weighted by Gasteiger charge is 2.19. The van der Waals surface area contributed by atoms with Crippen LogP contribution >= 0.6 is 0 Å². The molecule has 2 heterocycles. The Morgan fingerprint density at radius 2 is 1.70 bits per heavy atom. The van der Waals surface area contributed by atoms with Crippen molar-refractivity contribution in [3.63, 3.8) is 0 Å². The van der Waals surface area contributed by atoms with E-state index in [-0.39, 0.29) is 22.0 Å². The van der Waals surface area contributed by atoms with Gasteiger partial charge in [0.05, 0.1) is 15.4 Å². The third-order valence-corrected chi connectivity index (χ3v) is 6.41. The monoisotopic (exact) mass is 427 g/mol. The molecule has 0 bridgehead atoms. The van der Waals surface area contributed by atoms with Gasteiger partial charge in [0.2, 0.25) is 15.6 Å². The molecule has 0 radical (unpaired) electrons. The zero-order valence-electron chi connectivity index (χ0n) is 15.5. The minimum Gasteiger partial charge on any atom is -0.294 e. The molecular weight excluding hydrogens is 412 g/mol. The van der Waals surface area contributed by atoms with Crippen molar-refractivity contribution in [3.8, 4) is 0 Å². The van der Waals surface area contributed by atoms with Crippen LogP contribution in [0.5, 0.6) is 0 Å². The van der Waals surface area contributed by atoms with Gasteiger partial charge in [-0.15, -0.1) is 0 Å². The molecule has 0 saturated carbocycles. The highest BCUT2D eigenvalue weighted by molar-refractivity contribution is 7.91. The zero-order valence-corrected chi connectivity index (χ0v) is 16.3. The molecule has 0 spiro atoms. The summed E-state index contributed by atoms with van der Waals surface area (Å²) in [4.78, 5) is 20.2. The lowest BCUT2D eigenvalue weighted by Crippen LogP contribution is -2.05. The number of ketones is 1. The highest BCUT2D eigenvalue weighted by atomic mass is 32.2. The summed E-state index contributed by atoms with van der Waals surface area (Å²) < 4.78 is 53.3. The number of nitrogens with zero attached hydrogens (tertiary/aromatic N) is 3. The summed E-state index contributed by atoms with van der Waals surface area (Å²) in [5, 5.41) is 0. The van der Waals surface area contributed by atoms with E-state index in [0.717, 1.165) is 17.7 Å². The number of imidazole rings is 1. The van der Waals surface area contributed by atoms with E-state index < -0.39 is 21.5 Å². The second kappa shape index (κ2) is 7.75. The minimum atomic E-state index is -3.98. The number of benzene rings is 2. The topological polar surface area (TPSA) is 81.4 Å². The Labute approximate surface area is 170 Å². The van der Waals surface area contributed by atoms with Crippen LogP contribution in [0.4, 0.5) is 8.78 Å². The number of rotatable bonds is 6. The van der Waals surface area contributed by atoms with Crippen molar-refractivity contribution < 1.29 is 22.0 Å². The van der Waals surface area contributed by atoms with Gasteiger partial charge < -0.3 is 0 Å². The quantitative estimate of drug-likeness (QED) is 0.347. The summed E-state index contributed by atoms with van der Waals surface area (Å²) in [6, 6.07) is 8.41. The third-order valence-electron chi connectivity index (χ3n) is 4.64. The van der Waals surface area contributed by atoms with Crippen LogP contribution in [0.1, 0.15) is 22.3 Å². The molecule has 4 aromatic rings. The first-order valence-corrected chi connectivity index (χ1v) is 10.4. The van der Waals surface area contributed by atoms with Crippen LogP contribution in [0, 0.1) is 11.6 Å². The zero-order chi connectivity index (χ0) is 21.3. The lowest BCUT2D eigenvalue weighted by Gasteiger charge is -2.07. The van der Waals surface area contributed by atoms with Gasteiger partial charge >= 0.3 is 0 Å². The fraction of sp³-hybridized carbons (Fsp3) is 0.0952. The highest BCUT2D eigenvalue weighted by Crippen LogP contribution is 2.23. The third kappa shape index (κ3) is 3.84. The lowest BCUT2D eigenvalue weighted by atomic mass is 10.0. The van der Waals surface area contributed by atoms with E-state index in [9.17, 15) is 22.0 Å². The van der Waals surface area contributed by atoms with Gasteiger partial charge in [-0.05, 0) is 42.3 Å². The first kappa shape index (κ1) is 19.8. The number of hydrogen-bond donors (Lipinski definition) is 0. The summed E-state index contributed by atoms with van der Waals surface area (Å²) in [7, 11) is -3.98. The first-order valence-electron chi connectivity index (χ1n) is 8.95. The molecule has 0 aliphatic carbocycles. The van der Waals surface area contributed by atoms with Crippen molar-refractivity contribution in [2.24, 2.45) is 0 Å². The largest absolute Gasteiger partial charge is 0.294 e. The van der Waals surface area contributed by atoms with Crippen molar-refractivity contribution in [3.05, 3.63) is 90.0 Å². The van der Waals surface area contributed by atoms with Crippen LogP contribution in [-0.2, 0) is 16.3 Å². The molecule has 0 fully saturated rings. The van der Waals surface area contributed by atoms with Crippen LogP contribution in [0.15, 0.2) is 77.0 Å². The Kier molecular flexibility index (Phi) is 5.13. The summed E-state index contributed by atoms with van der Waals surface area (Å²) in [6.07, 6.45) is 7.05. The van der Waals surface area contributed by atoms with Gasteiger partial charge in [-0.25, -0.2) is 27.2 Å². The Hall–Kier alpha value is -3.46. The Balaban J connectivity index is 1.46. The maximum atomic E-state index is 13.4. The lowest BCUT2D eigenvalue weighted by molar-refractivity contribution is 0.0982. The summed E-state index contributed by atoms with van der Waals surface area (Å²) in [5.41, 5.74) is 1.22. The molecule has 4 rings (SSSR count). The summed E-state index contributed by atoms with van der Waals surface area (Å²) >= 11 is 0. The van der Waals surface area contributed by atoms with Crippen LogP contribution in [0.25, 0.3) is 5.78 Å². The molecule has 6 nitrogen and oxygen atoms in total. The second-order valence-corrected chi connectivity index (χ2v) is 8.57. The molecule has 152 valence electrons. The molecule has 2 aromatic heterocycles. The number of aromatic nitrogens is 3. The Bertz CT molecular complexity index is 1350. The number of carbonyl (C=O) groups excluding carboxylic acids is 1. The molecule has 0 aliphatic heterocycles. The molecule has 0 atom stereocenters. The normalized spacial score (nSPS) is 11.7. The van der Waals surface area contributed by atoms with Crippen molar-refractivity contribution in [2.45, 2.75) is 22.6 Å². The smallest absolute Gasteiger partial charge is 0.233 e. The van der Waals surface area contributed by atoms with E-state index in [1.165, 1.54) is 18.3 Å². The number of halogens is 2. The van der Waals surface area contributed by atoms with Gasteiger partial charge in [0.15, 0.2) is 17.4 Å². The van der Waals surface area contributed by atoms with E-state index in [2.05, 4.69) is 9.97 Å². The first-order chi connectivity index (χ1) is 14.3. The second-order valence-electron chi connectivity index (χ2n) is 6.62. The van der Waals surface area contributed by atoms with Gasteiger partial charge in [-0.2, -0.15) is 0 Å². The minimum absolute atomic E-state index is 0.0432. The average molecular weight is 427 g/mol. The number of fused-ring (bicyclic) bond motifs is 1. The predicted octanol–water partition coefficient (Wildman–Crippen LogP) is 3.66. The summed E-state index contributed by atoms with van der Waals surface area (Å²) in [6.45, 7) is 0. The molecule has 0 unspecified atom stereocenters. The van der Waals surface area contributed by atoms with E-state index in [4.69, 9.17) is 0 Å². The van der Waals surface area contributed by atoms with Gasteiger partial charge in [0.25, 0.3) is 0 Å². The molecule has 9 heteroatoms. The van der Waals surface area contributed by atoms with E-state index in [1.807, 2.05) is 0 Å².